The Morgan fingerprint density at radius 2 is 2.18 bits per heavy atom. The smallest absolute Gasteiger partial charge is 0.121 e. The predicted molar refractivity (Wildman–Crippen MR) is 71.7 cm³/mol. The largest absolute Gasteiger partial charge is 0.468 e. The molecule has 0 bridgehead atoms. The topological polar surface area (TPSA) is 42.4 Å². The summed E-state index contributed by atoms with van der Waals surface area (Å²) in [6.45, 7) is 9.36. The summed E-state index contributed by atoms with van der Waals surface area (Å²) in [4.78, 5) is 2.52. The minimum atomic E-state index is 0.491. The van der Waals surface area contributed by atoms with Crippen LogP contribution in [-0.4, -0.2) is 17.5 Å². The van der Waals surface area contributed by atoms with Gasteiger partial charge < -0.3 is 10.2 Å². The average molecular weight is 238 g/mol. The standard InChI is InChI=1S/C14H26N2O/c1-4-6-8-16(12(3)5-2)11-13-7-9-17-14(13)10-15/h7,9,12H,4-6,8,10-11,15H2,1-3H3. The van der Waals surface area contributed by atoms with Gasteiger partial charge in [-0.25, -0.2) is 0 Å². The first-order valence-electron chi connectivity index (χ1n) is 6.72. The number of nitrogens with zero attached hydrogens (tertiary/aromatic N) is 1. The van der Waals surface area contributed by atoms with Gasteiger partial charge in [0.05, 0.1) is 12.8 Å². The lowest BCUT2D eigenvalue weighted by Gasteiger charge is -2.28. The summed E-state index contributed by atoms with van der Waals surface area (Å²) in [5.74, 6) is 0.926. The molecule has 0 saturated heterocycles. The first-order valence-corrected chi connectivity index (χ1v) is 6.72. The molecular weight excluding hydrogens is 212 g/mol. The van der Waals surface area contributed by atoms with Crippen LogP contribution in [0.3, 0.4) is 0 Å². The highest BCUT2D eigenvalue weighted by molar-refractivity contribution is 5.16. The van der Waals surface area contributed by atoms with Crippen LogP contribution in [0.1, 0.15) is 51.4 Å². The quantitative estimate of drug-likeness (QED) is 0.756. The van der Waals surface area contributed by atoms with E-state index >= 15 is 0 Å². The Hall–Kier alpha value is -0.800. The highest BCUT2D eigenvalue weighted by Crippen LogP contribution is 2.16. The summed E-state index contributed by atoms with van der Waals surface area (Å²) >= 11 is 0. The molecule has 1 aromatic rings. The van der Waals surface area contributed by atoms with Crippen molar-refractivity contribution in [2.45, 2.75) is 59.2 Å². The van der Waals surface area contributed by atoms with E-state index in [-0.39, 0.29) is 0 Å². The fraction of sp³-hybridized carbons (Fsp3) is 0.714. The van der Waals surface area contributed by atoms with Gasteiger partial charge in [0, 0.05) is 18.2 Å². The normalized spacial score (nSPS) is 13.2. The van der Waals surface area contributed by atoms with Crippen LogP contribution in [0.4, 0.5) is 0 Å². The van der Waals surface area contributed by atoms with E-state index in [1.807, 2.05) is 6.07 Å². The molecule has 0 aromatic carbocycles. The number of hydrogen-bond acceptors (Lipinski definition) is 3. The van der Waals surface area contributed by atoms with Crippen LogP contribution in [0.15, 0.2) is 16.7 Å². The van der Waals surface area contributed by atoms with Crippen molar-refractivity contribution >= 4 is 0 Å². The molecule has 0 amide bonds. The van der Waals surface area contributed by atoms with E-state index < -0.39 is 0 Å². The zero-order valence-corrected chi connectivity index (χ0v) is 11.4. The molecule has 0 aliphatic heterocycles. The first-order chi connectivity index (χ1) is 8.22. The number of unbranched alkanes of at least 4 members (excludes halogenated alkanes) is 1. The van der Waals surface area contributed by atoms with Gasteiger partial charge in [-0.3, -0.25) is 4.90 Å². The van der Waals surface area contributed by atoms with Crippen LogP contribution >= 0.6 is 0 Å². The molecule has 0 fully saturated rings. The number of nitrogens with two attached hydrogens (primary N) is 1. The second-order valence-corrected chi connectivity index (χ2v) is 4.65. The maximum Gasteiger partial charge on any atom is 0.121 e. The fourth-order valence-corrected chi connectivity index (χ4v) is 1.98. The highest BCUT2D eigenvalue weighted by Gasteiger charge is 2.14. The first kappa shape index (κ1) is 14.3. The third-order valence-corrected chi connectivity index (χ3v) is 3.41. The summed E-state index contributed by atoms with van der Waals surface area (Å²) in [6, 6.07) is 2.66. The SMILES string of the molecule is CCCCN(Cc1ccoc1CN)C(C)CC. The Kier molecular flexibility index (Phi) is 6.30. The maximum atomic E-state index is 5.67. The van der Waals surface area contributed by atoms with E-state index in [4.69, 9.17) is 10.2 Å². The van der Waals surface area contributed by atoms with Crippen molar-refractivity contribution in [1.29, 1.82) is 0 Å². The Balaban J connectivity index is 2.64. The molecule has 3 heteroatoms. The lowest BCUT2D eigenvalue weighted by Crippen LogP contribution is -2.33. The van der Waals surface area contributed by atoms with Crippen molar-refractivity contribution in [3.05, 3.63) is 23.7 Å². The third-order valence-electron chi connectivity index (χ3n) is 3.41. The molecule has 1 unspecified atom stereocenters. The van der Waals surface area contributed by atoms with E-state index in [1.165, 1.54) is 24.8 Å². The van der Waals surface area contributed by atoms with Gasteiger partial charge in [-0.05, 0) is 32.4 Å². The highest BCUT2D eigenvalue weighted by atomic mass is 16.3. The minimum Gasteiger partial charge on any atom is -0.468 e. The van der Waals surface area contributed by atoms with E-state index in [0.717, 1.165) is 18.8 Å². The van der Waals surface area contributed by atoms with Gasteiger partial charge in [0.2, 0.25) is 0 Å². The van der Waals surface area contributed by atoms with Gasteiger partial charge in [-0.1, -0.05) is 20.3 Å². The molecule has 2 N–H and O–H groups in total. The lowest BCUT2D eigenvalue weighted by molar-refractivity contribution is 0.191. The van der Waals surface area contributed by atoms with Crippen molar-refractivity contribution in [1.82, 2.24) is 4.90 Å². The van der Waals surface area contributed by atoms with E-state index in [2.05, 4.69) is 25.7 Å². The van der Waals surface area contributed by atoms with Crippen LogP contribution in [0.5, 0.6) is 0 Å². The molecule has 1 heterocycles. The molecule has 1 atom stereocenters. The van der Waals surface area contributed by atoms with Crippen LogP contribution in [0.25, 0.3) is 0 Å². The molecule has 0 aliphatic carbocycles. The second-order valence-electron chi connectivity index (χ2n) is 4.65. The van der Waals surface area contributed by atoms with Crippen LogP contribution < -0.4 is 5.73 Å². The Morgan fingerprint density at radius 3 is 2.76 bits per heavy atom. The molecule has 0 radical (unpaired) electrons. The number of rotatable bonds is 8. The fourth-order valence-electron chi connectivity index (χ4n) is 1.98. The summed E-state index contributed by atoms with van der Waals surface area (Å²) in [7, 11) is 0. The van der Waals surface area contributed by atoms with Crippen molar-refractivity contribution in [3.63, 3.8) is 0 Å². The Morgan fingerprint density at radius 1 is 1.41 bits per heavy atom. The maximum absolute atomic E-state index is 5.67. The zero-order valence-electron chi connectivity index (χ0n) is 11.4. The zero-order chi connectivity index (χ0) is 12.7. The van der Waals surface area contributed by atoms with E-state index in [9.17, 15) is 0 Å². The molecule has 98 valence electrons. The summed E-state index contributed by atoms with van der Waals surface area (Å²) in [6.07, 6.45) is 5.41. The third kappa shape index (κ3) is 4.17. The van der Waals surface area contributed by atoms with Gasteiger partial charge in [0.25, 0.3) is 0 Å². The molecule has 0 spiro atoms. The van der Waals surface area contributed by atoms with Gasteiger partial charge in [-0.2, -0.15) is 0 Å². The molecule has 0 saturated carbocycles. The van der Waals surface area contributed by atoms with Crippen molar-refractivity contribution in [2.75, 3.05) is 6.54 Å². The summed E-state index contributed by atoms with van der Waals surface area (Å²) < 4.78 is 5.38. The van der Waals surface area contributed by atoms with E-state index in [1.54, 1.807) is 6.26 Å². The summed E-state index contributed by atoms with van der Waals surface area (Å²) in [5.41, 5.74) is 6.91. The average Bonchev–Trinajstić information content (AvgIpc) is 2.80. The van der Waals surface area contributed by atoms with Gasteiger partial charge in [0.1, 0.15) is 5.76 Å². The molecule has 3 nitrogen and oxygen atoms in total. The van der Waals surface area contributed by atoms with Crippen molar-refractivity contribution in [2.24, 2.45) is 5.73 Å². The Bertz CT molecular complexity index is 309. The Labute approximate surface area is 105 Å². The summed E-state index contributed by atoms with van der Waals surface area (Å²) in [5, 5.41) is 0. The van der Waals surface area contributed by atoms with Gasteiger partial charge >= 0.3 is 0 Å². The van der Waals surface area contributed by atoms with E-state index in [0.29, 0.717) is 12.6 Å². The van der Waals surface area contributed by atoms with Gasteiger partial charge in [0.15, 0.2) is 0 Å². The van der Waals surface area contributed by atoms with Crippen LogP contribution in [-0.2, 0) is 13.1 Å². The molecular formula is C14H26N2O. The number of furan rings is 1. The van der Waals surface area contributed by atoms with Crippen molar-refractivity contribution in [3.8, 4) is 0 Å². The second kappa shape index (κ2) is 7.51. The van der Waals surface area contributed by atoms with Crippen LogP contribution in [0.2, 0.25) is 0 Å². The molecule has 17 heavy (non-hydrogen) atoms. The minimum absolute atomic E-state index is 0.491. The lowest BCUT2D eigenvalue weighted by atomic mass is 10.1. The molecule has 1 rings (SSSR count). The molecule has 0 aliphatic rings. The van der Waals surface area contributed by atoms with Crippen LogP contribution in [0, 0.1) is 0 Å². The predicted octanol–water partition coefficient (Wildman–Crippen LogP) is 3.14. The molecule has 1 aromatic heterocycles. The van der Waals surface area contributed by atoms with Crippen molar-refractivity contribution < 1.29 is 4.42 Å². The number of hydrogen-bond donors (Lipinski definition) is 1. The monoisotopic (exact) mass is 238 g/mol. The van der Waals surface area contributed by atoms with Gasteiger partial charge in [-0.15, -0.1) is 0 Å².